The first-order valence-electron chi connectivity index (χ1n) is 2.79. The Morgan fingerprint density at radius 3 is 2.89 bits per heavy atom. The van der Waals surface area contributed by atoms with Crippen LogP contribution in [0, 0.1) is 0 Å². The van der Waals surface area contributed by atoms with Gasteiger partial charge in [-0.25, -0.2) is 4.79 Å². The summed E-state index contributed by atoms with van der Waals surface area (Å²) in [7, 11) is 1.10. The molecule has 0 radical (unpaired) electrons. The number of carbonyl (C=O) groups excluding carboxylic acids is 1. The van der Waals surface area contributed by atoms with E-state index in [0.717, 1.165) is 22.4 Å². The number of hydrogen-bond donors (Lipinski definition) is 0. The van der Waals surface area contributed by atoms with Crippen LogP contribution in [0.1, 0.15) is 0 Å². The number of carbonyl (C=O) groups is 1. The summed E-state index contributed by atoms with van der Waals surface area (Å²) in [6, 6.07) is 1.00. The quantitative estimate of drug-likeness (QED) is 0.240. The zero-order valence-corrected chi connectivity index (χ0v) is 7.46. The van der Waals surface area contributed by atoms with Crippen molar-refractivity contribution in [2.75, 3.05) is 0 Å². The maximum atomic E-state index is 10.3. The first kappa shape index (κ1) is 8.17. The largest absolute Gasteiger partial charge is 0.432 e. The summed E-state index contributed by atoms with van der Waals surface area (Å²) in [5, 5.41) is 0. The predicted molar refractivity (Wildman–Crippen MR) is 40.2 cm³/mol. The van der Waals surface area contributed by atoms with Crippen LogP contribution in [0.4, 0.5) is 0 Å². The lowest BCUT2D eigenvalue weighted by Gasteiger charge is -1.88. The molecule has 0 aromatic carbocycles. The Labute approximate surface area is 57.6 Å². The van der Waals surface area contributed by atoms with Crippen LogP contribution in [0.3, 0.4) is 0 Å². The van der Waals surface area contributed by atoms with Gasteiger partial charge in [0.25, 0.3) is 0 Å². The summed E-state index contributed by atoms with van der Waals surface area (Å²) in [4.78, 5) is 10.3. The van der Waals surface area contributed by atoms with E-state index in [1.165, 1.54) is 6.26 Å². The van der Waals surface area contributed by atoms with E-state index in [0.29, 0.717) is 0 Å². The minimum atomic E-state index is -0.402. The molecule has 0 fully saturated rings. The smallest absolute Gasteiger partial charge is 0.334 e. The third-order valence-corrected chi connectivity index (χ3v) is 1.15. The molecule has 3 heteroatoms. The summed E-state index contributed by atoms with van der Waals surface area (Å²) in [6.45, 7) is 3.24. The third-order valence-electron chi connectivity index (χ3n) is 0.683. The summed E-state index contributed by atoms with van der Waals surface area (Å²) in [5.74, 6) is -0.402. The summed E-state index contributed by atoms with van der Waals surface area (Å²) >= 11 is 0. The van der Waals surface area contributed by atoms with Gasteiger partial charge in [-0.2, -0.15) is 0 Å². The van der Waals surface area contributed by atoms with E-state index < -0.39 is 5.97 Å². The number of allylic oxidation sites excluding steroid dienone is 1. The average Bonchev–Trinajstić information content (AvgIpc) is 1.89. The van der Waals surface area contributed by atoms with E-state index in [2.05, 4.69) is 11.3 Å². The minimum absolute atomic E-state index is 0.402. The van der Waals surface area contributed by atoms with Gasteiger partial charge in [0, 0.05) is 16.3 Å². The normalized spacial score (nSPS) is 9.78. The molecule has 0 atom stereocenters. The van der Waals surface area contributed by atoms with Crippen LogP contribution < -0.4 is 0 Å². The third kappa shape index (κ3) is 5.03. The van der Waals surface area contributed by atoms with Gasteiger partial charge in [0.05, 0.1) is 6.26 Å². The Morgan fingerprint density at radius 1 is 1.78 bits per heavy atom. The Bertz CT molecular complexity index is 129. The first-order valence-corrected chi connectivity index (χ1v) is 4.20. The topological polar surface area (TPSA) is 26.3 Å². The first-order chi connectivity index (χ1) is 4.31. The van der Waals surface area contributed by atoms with Crippen molar-refractivity contribution in [3.8, 4) is 0 Å². The van der Waals surface area contributed by atoms with E-state index in [4.69, 9.17) is 0 Å². The summed E-state index contributed by atoms with van der Waals surface area (Å²) < 4.78 is 4.52. The molecule has 0 aromatic heterocycles. The maximum Gasteiger partial charge on any atom is 0.334 e. The summed E-state index contributed by atoms with van der Waals surface area (Å²) in [5.41, 5.74) is 0. The van der Waals surface area contributed by atoms with Gasteiger partial charge >= 0.3 is 5.97 Å². The average molecular weight is 142 g/mol. The van der Waals surface area contributed by atoms with Crippen LogP contribution in [-0.4, -0.2) is 16.2 Å². The lowest BCUT2D eigenvalue weighted by molar-refractivity contribution is -0.132. The van der Waals surface area contributed by atoms with Crippen molar-refractivity contribution in [3.63, 3.8) is 0 Å². The van der Waals surface area contributed by atoms with Gasteiger partial charge in [-0.05, 0) is 6.04 Å². The molecule has 9 heavy (non-hydrogen) atoms. The van der Waals surface area contributed by atoms with Gasteiger partial charge in [-0.15, -0.1) is 0 Å². The fourth-order valence-corrected chi connectivity index (χ4v) is 0.452. The van der Waals surface area contributed by atoms with E-state index in [9.17, 15) is 4.79 Å². The second-order valence-electron chi connectivity index (χ2n) is 1.42. The van der Waals surface area contributed by atoms with E-state index in [-0.39, 0.29) is 0 Å². The van der Waals surface area contributed by atoms with Gasteiger partial charge in [0.1, 0.15) is 0 Å². The number of hydrogen-bond acceptors (Lipinski definition) is 2. The second kappa shape index (κ2) is 5.31. The number of rotatable bonds is 3. The molecule has 0 aliphatic rings. The molecule has 50 valence electrons. The van der Waals surface area contributed by atoms with Crippen molar-refractivity contribution < 1.29 is 9.53 Å². The molecule has 0 saturated heterocycles. The number of ether oxygens (including phenoxy) is 1. The van der Waals surface area contributed by atoms with Crippen molar-refractivity contribution in [2.45, 2.75) is 6.04 Å². The van der Waals surface area contributed by atoms with Crippen LogP contribution in [0.5, 0.6) is 0 Å². The molecule has 0 unspecified atom stereocenters. The van der Waals surface area contributed by atoms with Crippen molar-refractivity contribution in [1.82, 2.24) is 0 Å². The second-order valence-corrected chi connectivity index (χ2v) is 2.24. The molecule has 0 rings (SSSR count). The molecule has 0 bridgehead atoms. The van der Waals surface area contributed by atoms with Gasteiger partial charge in [-0.3, -0.25) is 0 Å². The maximum absolute atomic E-state index is 10.3. The zero-order valence-electron chi connectivity index (χ0n) is 5.46. The SMILES string of the molecule is C=CC(=O)OC=CC[SiH3]. The lowest BCUT2D eigenvalue weighted by atomic mass is 10.6. The Balaban J connectivity index is 3.37. The van der Waals surface area contributed by atoms with Crippen LogP contribution in [0.2, 0.25) is 6.04 Å². The van der Waals surface area contributed by atoms with E-state index in [1.54, 1.807) is 0 Å². The Hall–Kier alpha value is -0.833. The van der Waals surface area contributed by atoms with Crippen LogP contribution in [0.15, 0.2) is 25.0 Å². The van der Waals surface area contributed by atoms with Crippen molar-refractivity contribution in [3.05, 3.63) is 25.0 Å². The fourth-order valence-electron chi connectivity index (χ4n) is 0.260. The molecular formula is C6H10O2Si. The van der Waals surface area contributed by atoms with Crippen molar-refractivity contribution in [2.24, 2.45) is 0 Å². The van der Waals surface area contributed by atoms with Gasteiger partial charge in [-0.1, -0.05) is 12.7 Å². The molecule has 0 N–H and O–H groups in total. The fraction of sp³-hybridized carbons (Fsp3) is 0.167. The van der Waals surface area contributed by atoms with E-state index in [1.807, 2.05) is 6.08 Å². The van der Waals surface area contributed by atoms with Gasteiger partial charge in [0.2, 0.25) is 0 Å². The molecule has 0 aliphatic heterocycles. The molecule has 2 nitrogen and oxygen atoms in total. The van der Waals surface area contributed by atoms with Crippen LogP contribution in [0.25, 0.3) is 0 Å². The lowest BCUT2D eigenvalue weighted by Crippen LogP contribution is -1.91. The predicted octanol–water partition coefficient (Wildman–Crippen LogP) is 0.0130. The minimum Gasteiger partial charge on any atom is -0.432 e. The highest BCUT2D eigenvalue weighted by Gasteiger charge is 1.86. The molecule has 0 amide bonds. The number of esters is 1. The van der Waals surface area contributed by atoms with Crippen molar-refractivity contribution >= 4 is 16.2 Å². The molecule has 0 aromatic rings. The van der Waals surface area contributed by atoms with E-state index >= 15 is 0 Å². The summed E-state index contributed by atoms with van der Waals surface area (Å²) in [6.07, 6.45) is 4.35. The molecule has 0 saturated carbocycles. The highest BCUT2D eigenvalue weighted by molar-refractivity contribution is 6.09. The highest BCUT2D eigenvalue weighted by Crippen LogP contribution is 1.82. The highest BCUT2D eigenvalue weighted by atomic mass is 28.1. The molecule has 0 heterocycles. The monoisotopic (exact) mass is 142 g/mol. The Morgan fingerprint density at radius 2 is 2.44 bits per heavy atom. The zero-order chi connectivity index (χ0) is 7.11. The molecule has 0 aliphatic carbocycles. The standard InChI is InChI=1S/C6H10O2Si/c1-2-6(7)8-4-3-5-9/h2-4H,1,5H2,9H3. The Kier molecular flexibility index (Phi) is 4.82. The van der Waals surface area contributed by atoms with Crippen LogP contribution >= 0.6 is 0 Å². The van der Waals surface area contributed by atoms with Crippen LogP contribution in [-0.2, 0) is 9.53 Å². The van der Waals surface area contributed by atoms with Gasteiger partial charge < -0.3 is 4.74 Å². The molecule has 0 spiro atoms. The molecular weight excluding hydrogens is 132 g/mol. The van der Waals surface area contributed by atoms with Crippen molar-refractivity contribution in [1.29, 1.82) is 0 Å². The van der Waals surface area contributed by atoms with Gasteiger partial charge in [0.15, 0.2) is 0 Å².